The average Bonchev–Trinajstić information content (AvgIpc) is 3.11. The van der Waals surface area contributed by atoms with Gasteiger partial charge < -0.3 is 16.0 Å². The zero-order chi connectivity index (χ0) is 19.2. The van der Waals surface area contributed by atoms with E-state index in [0.717, 1.165) is 31.5 Å². The first-order valence-electron chi connectivity index (χ1n) is 8.96. The third kappa shape index (κ3) is 5.33. The van der Waals surface area contributed by atoms with Crippen molar-refractivity contribution in [3.63, 3.8) is 0 Å². The highest BCUT2D eigenvalue weighted by Crippen LogP contribution is 2.15. The van der Waals surface area contributed by atoms with Crippen molar-refractivity contribution in [2.24, 2.45) is 5.92 Å². The third-order valence-corrected chi connectivity index (χ3v) is 4.42. The van der Waals surface area contributed by atoms with E-state index in [1.165, 1.54) is 12.1 Å². The zero-order valence-electron chi connectivity index (χ0n) is 15.2. The second-order valence-electron chi connectivity index (χ2n) is 6.75. The van der Waals surface area contributed by atoms with Crippen molar-refractivity contribution in [3.8, 4) is 0 Å². The summed E-state index contributed by atoms with van der Waals surface area (Å²) in [6.45, 7) is 4.13. The van der Waals surface area contributed by atoms with Gasteiger partial charge in [0, 0.05) is 6.54 Å². The van der Waals surface area contributed by atoms with Crippen molar-refractivity contribution >= 4 is 17.5 Å². The molecule has 9 heteroatoms. The highest BCUT2D eigenvalue weighted by molar-refractivity contribution is 5.98. The number of piperidine rings is 1. The number of amides is 2. The first kappa shape index (κ1) is 19.0. The van der Waals surface area contributed by atoms with E-state index in [0.29, 0.717) is 12.5 Å². The molecule has 8 nitrogen and oxygen atoms in total. The summed E-state index contributed by atoms with van der Waals surface area (Å²) in [5.41, 5.74) is 0.978. The standard InChI is InChI=1S/C18H23FN6O2/c1-12-4-5-15(14(19)7-12)22-17(26)9-21-18(27)16-11-25(24-23-16)10-13-3-2-6-20-8-13/h4-5,7,11,13,20H,2-3,6,8-10H2,1H3,(H,21,27)(H,22,26). The lowest BCUT2D eigenvalue weighted by Gasteiger charge is -2.22. The van der Waals surface area contributed by atoms with Gasteiger partial charge in [0.25, 0.3) is 5.91 Å². The predicted molar refractivity (Wildman–Crippen MR) is 97.7 cm³/mol. The second-order valence-corrected chi connectivity index (χ2v) is 6.75. The van der Waals surface area contributed by atoms with Crippen molar-refractivity contribution in [2.75, 3.05) is 25.0 Å². The Balaban J connectivity index is 1.48. The second kappa shape index (κ2) is 8.72. The van der Waals surface area contributed by atoms with Crippen molar-refractivity contribution in [3.05, 3.63) is 41.5 Å². The van der Waals surface area contributed by atoms with Gasteiger partial charge in [-0.25, -0.2) is 4.39 Å². The Labute approximate surface area is 156 Å². The highest BCUT2D eigenvalue weighted by Gasteiger charge is 2.17. The maximum atomic E-state index is 13.7. The largest absolute Gasteiger partial charge is 0.342 e. The quantitative estimate of drug-likeness (QED) is 0.703. The van der Waals surface area contributed by atoms with Crippen LogP contribution in [0.25, 0.3) is 0 Å². The van der Waals surface area contributed by atoms with Crippen LogP contribution in [-0.4, -0.2) is 46.4 Å². The van der Waals surface area contributed by atoms with Crippen LogP contribution in [0.3, 0.4) is 0 Å². The monoisotopic (exact) mass is 374 g/mol. The number of halogens is 1. The van der Waals surface area contributed by atoms with Gasteiger partial charge in [0.15, 0.2) is 5.69 Å². The Hall–Kier alpha value is -2.81. The van der Waals surface area contributed by atoms with Gasteiger partial charge in [-0.2, -0.15) is 0 Å². The fraction of sp³-hybridized carbons (Fsp3) is 0.444. The van der Waals surface area contributed by atoms with Gasteiger partial charge in [0.05, 0.1) is 18.4 Å². The summed E-state index contributed by atoms with van der Waals surface area (Å²) in [4.78, 5) is 24.0. The molecule has 144 valence electrons. The van der Waals surface area contributed by atoms with E-state index in [1.54, 1.807) is 23.9 Å². The molecule has 0 saturated carbocycles. The minimum Gasteiger partial charge on any atom is -0.342 e. The lowest BCUT2D eigenvalue weighted by atomic mass is 10.00. The van der Waals surface area contributed by atoms with E-state index < -0.39 is 17.6 Å². The van der Waals surface area contributed by atoms with E-state index >= 15 is 0 Å². The molecule has 1 unspecified atom stereocenters. The normalized spacial score (nSPS) is 16.7. The summed E-state index contributed by atoms with van der Waals surface area (Å²) in [7, 11) is 0. The van der Waals surface area contributed by atoms with E-state index in [1.807, 2.05) is 0 Å². The molecule has 1 fully saturated rings. The molecule has 1 aromatic carbocycles. The summed E-state index contributed by atoms with van der Waals surface area (Å²) in [6, 6.07) is 4.50. The summed E-state index contributed by atoms with van der Waals surface area (Å²) >= 11 is 0. The molecule has 1 aliphatic rings. The number of carbonyl (C=O) groups is 2. The number of nitrogens with zero attached hydrogens (tertiary/aromatic N) is 3. The van der Waals surface area contributed by atoms with E-state index in [-0.39, 0.29) is 17.9 Å². The van der Waals surface area contributed by atoms with Gasteiger partial charge in [0.1, 0.15) is 5.82 Å². The smallest absolute Gasteiger partial charge is 0.273 e. The first-order chi connectivity index (χ1) is 13.0. The molecular weight excluding hydrogens is 351 g/mol. The van der Waals surface area contributed by atoms with Gasteiger partial charge in [-0.1, -0.05) is 11.3 Å². The molecule has 1 saturated heterocycles. The number of rotatable bonds is 6. The third-order valence-electron chi connectivity index (χ3n) is 4.42. The number of aromatic nitrogens is 3. The van der Waals surface area contributed by atoms with Crippen LogP contribution < -0.4 is 16.0 Å². The van der Waals surface area contributed by atoms with E-state index in [9.17, 15) is 14.0 Å². The number of nitrogens with one attached hydrogen (secondary N) is 3. The molecule has 3 rings (SSSR count). The molecule has 0 aliphatic carbocycles. The summed E-state index contributed by atoms with van der Waals surface area (Å²) in [6.07, 6.45) is 3.81. The first-order valence-corrected chi connectivity index (χ1v) is 8.96. The van der Waals surface area contributed by atoms with Crippen molar-refractivity contribution in [1.82, 2.24) is 25.6 Å². The summed E-state index contributed by atoms with van der Waals surface area (Å²) < 4.78 is 15.4. The maximum Gasteiger partial charge on any atom is 0.273 e. The number of anilines is 1. The van der Waals surface area contributed by atoms with Crippen molar-refractivity contribution in [1.29, 1.82) is 0 Å². The lowest BCUT2D eigenvalue weighted by Crippen LogP contribution is -2.33. The Morgan fingerprint density at radius 1 is 1.41 bits per heavy atom. The fourth-order valence-corrected chi connectivity index (χ4v) is 3.00. The Morgan fingerprint density at radius 3 is 3.00 bits per heavy atom. The predicted octanol–water partition coefficient (Wildman–Crippen LogP) is 1.09. The Bertz CT molecular complexity index is 816. The molecule has 1 atom stereocenters. The molecule has 1 aromatic heterocycles. The zero-order valence-corrected chi connectivity index (χ0v) is 15.2. The van der Waals surface area contributed by atoms with Gasteiger partial charge in [-0.3, -0.25) is 14.3 Å². The molecule has 0 spiro atoms. The molecule has 0 radical (unpaired) electrons. The van der Waals surface area contributed by atoms with Crippen LogP contribution in [0, 0.1) is 18.7 Å². The lowest BCUT2D eigenvalue weighted by molar-refractivity contribution is -0.115. The molecular formula is C18H23FN6O2. The number of hydrogen-bond acceptors (Lipinski definition) is 5. The molecule has 2 heterocycles. The van der Waals surface area contributed by atoms with Crippen LogP contribution in [-0.2, 0) is 11.3 Å². The number of benzene rings is 1. The van der Waals surface area contributed by atoms with Crippen molar-refractivity contribution in [2.45, 2.75) is 26.3 Å². The van der Waals surface area contributed by atoms with E-state index in [2.05, 4.69) is 26.3 Å². The molecule has 3 N–H and O–H groups in total. The fourth-order valence-electron chi connectivity index (χ4n) is 3.00. The van der Waals surface area contributed by atoms with Crippen molar-refractivity contribution < 1.29 is 14.0 Å². The van der Waals surface area contributed by atoms with E-state index in [4.69, 9.17) is 0 Å². The van der Waals surface area contributed by atoms with Crippen LogP contribution in [0.5, 0.6) is 0 Å². The molecule has 2 aromatic rings. The summed E-state index contributed by atoms with van der Waals surface area (Å²) in [5.74, 6) is -1.07. The van der Waals surface area contributed by atoms with Crippen LogP contribution in [0.15, 0.2) is 24.4 Å². The Morgan fingerprint density at radius 2 is 2.26 bits per heavy atom. The topological polar surface area (TPSA) is 101 Å². The van der Waals surface area contributed by atoms with Gasteiger partial charge in [-0.05, 0) is 56.5 Å². The molecule has 2 amide bonds. The van der Waals surface area contributed by atoms with Crippen LogP contribution in [0.4, 0.5) is 10.1 Å². The number of aryl methyl sites for hydroxylation is 1. The average molecular weight is 374 g/mol. The van der Waals surface area contributed by atoms with Crippen LogP contribution >= 0.6 is 0 Å². The summed E-state index contributed by atoms with van der Waals surface area (Å²) in [5, 5.41) is 16.1. The van der Waals surface area contributed by atoms with Crippen LogP contribution in [0.2, 0.25) is 0 Å². The highest BCUT2D eigenvalue weighted by atomic mass is 19.1. The van der Waals surface area contributed by atoms with Crippen LogP contribution in [0.1, 0.15) is 28.9 Å². The molecule has 27 heavy (non-hydrogen) atoms. The van der Waals surface area contributed by atoms with Gasteiger partial charge >= 0.3 is 0 Å². The number of hydrogen-bond donors (Lipinski definition) is 3. The SMILES string of the molecule is Cc1ccc(NC(=O)CNC(=O)c2cn(CC3CCCNC3)nn2)c(F)c1. The van der Waals surface area contributed by atoms with Gasteiger partial charge in [-0.15, -0.1) is 5.10 Å². The molecule has 0 bridgehead atoms. The minimum atomic E-state index is -0.522. The Kier molecular flexibility index (Phi) is 6.12. The van der Waals surface area contributed by atoms with Gasteiger partial charge in [0.2, 0.25) is 5.91 Å². The molecule has 1 aliphatic heterocycles. The minimum absolute atomic E-state index is 0.0758. The number of carbonyl (C=O) groups excluding carboxylic acids is 2. The maximum absolute atomic E-state index is 13.7.